The maximum atomic E-state index is 11.0. The maximum Gasteiger partial charge on any atom is 0.312 e. The fourth-order valence-corrected chi connectivity index (χ4v) is 2.15. The molecule has 5 nitrogen and oxygen atoms in total. The minimum Gasteiger partial charge on any atom is -0.481 e. The molecular weight excluding hydrogens is 218 g/mol. The molecule has 0 aromatic carbocycles. The standard InChI is InChI=1S/C9H11NO4S/c1-15(13,14)6-8(9(11)12)7-2-4-10-5-3-7/h2-5,8H,6H2,1H3,(H,11,12). The Labute approximate surface area is 87.7 Å². The van der Waals surface area contributed by atoms with Crippen LogP contribution in [0, 0.1) is 0 Å². The first-order valence-corrected chi connectivity index (χ1v) is 6.26. The molecule has 1 heterocycles. The van der Waals surface area contributed by atoms with Gasteiger partial charge in [-0.2, -0.15) is 0 Å². The van der Waals surface area contributed by atoms with Gasteiger partial charge in [0.05, 0.1) is 11.7 Å². The monoisotopic (exact) mass is 229 g/mol. The third kappa shape index (κ3) is 3.67. The highest BCUT2D eigenvalue weighted by molar-refractivity contribution is 7.90. The number of carbonyl (C=O) groups is 1. The predicted octanol–water partition coefficient (Wildman–Crippen LogP) is 0.294. The molecule has 1 N–H and O–H groups in total. The van der Waals surface area contributed by atoms with Crippen LogP contribution in [0.25, 0.3) is 0 Å². The van der Waals surface area contributed by atoms with Gasteiger partial charge in [0.15, 0.2) is 0 Å². The fourth-order valence-electron chi connectivity index (χ4n) is 1.21. The first-order valence-electron chi connectivity index (χ1n) is 4.20. The molecule has 0 fully saturated rings. The molecule has 1 unspecified atom stereocenters. The molecular formula is C9H11NO4S. The maximum absolute atomic E-state index is 11.0. The zero-order valence-corrected chi connectivity index (χ0v) is 8.94. The molecule has 82 valence electrons. The van der Waals surface area contributed by atoms with Crippen LogP contribution in [0.15, 0.2) is 24.5 Å². The van der Waals surface area contributed by atoms with Crippen LogP contribution >= 0.6 is 0 Å². The van der Waals surface area contributed by atoms with E-state index in [0.717, 1.165) is 6.26 Å². The highest BCUT2D eigenvalue weighted by Gasteiger charge is 2.24. The van der Waals surface area contributed by atoms with Crippen molar-refractivity contribution in [2.24, 2.45) is 0 Å². The van der Waals surface area contributed by atoms with Crippen LogP contribution in [0.5, 0.6) is 0 Å². The van der Waals surface area contributed by atoms with Crippen LogP contribution < -0.4 is 0 Å². The average Bonchev–Trinajstić information content (AvgIpc) is 2.14. The molecule has 1 rings (SSSR count). The summed E-state index contributed by atoms with van der Waals surface area (Å²) in [6, 6.07) is 3.01. The molecule has 0 spiro atoms. The van der Waals surface area contributed by atoms with Gasteiger partial charge in [0, 0.05) is 18.6 Å². The first-order chi connectivity index (χ1) is 6.90. The van der Waals surface area contributed by atoms with Crippen molar-refractivity contribution >= 4 is 15.8 Å². The second-order valence-corrected chi connectivity index (χ2v) is 5.45. The summed E-state index contributed by atoms with van der Waals surface area (Å²) in [5.74, 6) is -2.57. The normalized spacial score (nSPS) is 13.4. The number of carboxylic acid groups (broad SMARTS) is 1. The minimum atomic E-state index is -3.32. The lowest BCUT2D eigenvalue weighted by molar-refractivity contribution is -0.138. The van der Waals surface area contributed by atoms with E-state index in [2.05, 4.69) is 4.98 Å². The summed E-state index contributed by atoms with van der Waals surface area (Å²) in [5, 5.41) is 8.91. The van der Waals surface area contributed by atoms with Crippen LogP contribution in [0.1, 0.15) is 11.5 Å². The molecule has 0 saturated heterocycles. The Morgan fingerprint density at radius 1 is 1.47 bits per heavy atom. The van der Waals surface area contributed by atoms with Crippen molar-refractivity contribution in [3.05, 3.63) is 30.1 Å². The Kier molecular flexibility index (Phi) is 3.41. The number of hydrogen-bond donors (Lipinski definition) is 1. The zero-order valence-electron chi connectivity index (χ0n) is 8.12. The molecule has 0 aliphatic carbocycles. The van der Waals surface area contributed by atoms with E-state index >= 15 is 0 Å². The molecule has 0 aliphatic rings. The summed E-state index contributed by atoms with van der Waals surface area (Å²) in [5.41, 5.74) is 0.447. The van der Waals surface area contributed by atoms with Crippen molar-refractivity contribution in [3.8, 4) is 0 Å². The molecule has 0 saturated carbocycles. The van der Waals surface area contributed by atoms with Crippen molar-refractivity contribution in [1.29, 1.82) is 0 Å². The first kappa shape index (κ1) is 11.6. The molecule has 0 bridgehead atoms. The van der Waals surface area contributed by atoms with E-state index in [1.807, 2.05) is 0 Å². The molecule has 1 aromatic rings. The Balaban J connectivity index is 3.00. The van der Waals surface area contributed by atoms with Crippen molar-refractivity contribution in [2.75, 3.05) is 12.0 Å². The molecule has 1 atom stereocenters. The quantitative estimate of drug-likeness (QED) is 0.802. The Hall–Kier alpha value is -1.43. The van der Waals surface area contributed by atoms with E-state index in [4.69, 9.17) is 5.11 Å². The largest absolute Gasteiger partial charge is 0.481 e. The van der Waals surface area contributed by atoms with Gasteiger partial charge in [-0.15, -0.1) is 0 Å². The molecule has 6 heteroatoms. The lowest BCUT2D eigenvalue weighted by atomic mass is 10.0. The number of hydrogen-bond acceptors (Lipinski definition) is 4. The van der Waals surface area contributed by atoms with Gasteiger partial charge >= 0.3 is 5.97 Å². The number of carboxylic acids is 1. The van der Waals surface area contributed by atoms with E-state index in [1.165, 1.54) is 24.5 Å². The lowest BCUT2D eigenvalue weighted by Crippen LogP contribution is -2.21. The molecule has 1 aromatic heterocycles. The van der Waals surface area contributed by atoms with Crippen LogP contribution in [-0.2, 0) is 14.6 Å². The Bertz CT molecular complexity index is 440. The van der Waals surface area contributed by atoms with Crippen molar-refractivity contribution < 1.29 is 18.3 Å². The summed E-state index contributed by atoms with van der Waals surface area (Å²) < 4.78 is 22.1. The summed E-state index contributed by atoms with van der Waals surface area (Å²) in [7, 11) is -3.32. The van der Waals surface area contributed by atoms with Gasteiger partial charge in [-0.1, -0.05) is 0 Å². The summed E-state index contributed by atoms with van der Waals surface area (Å²) in [6.07, 6.45) is 3.89. The second kappa shape index (κ2) is 4.39. The van der Waals surface area contributed by atoms with Crippen LogP contribution in [0.2, 0.25) is 0 Å². The highest BCUT2D eigenvalue weighted by atomic mass is 32.2. The van der Waals surface area contributed by atoms with Gasteiger partial charge < -0.3 is 5.11 Å². The van der Waals surface area contributed by atoms with Gasteiger partial charge in [-0.25, -0.2) is 8.42 Å². The van der Waals surface area contributed by atoms with Gasteiger partial charge in [0.25, 0.3) is 0 Å². The van der Waals surface area contributed by atoms with Gasteiger partial charge in [0.1, 0.15) is 9.84 Å². The zero-order chi connectivity index (χ0) is 11.5. The third-order valence-electron chi connectivity index (χ3n) is 1.88. The van der Waals surface area contributed by atoms with Crippen molar-refractivity contribution in [1.82, 2.24) is 4.98 Å². The average molecular weight is 229 g/mol. The Morgan fingerprint density at radius 3 is 2.40 bits per heavy atom. The number of pyridine rings is 1. The minimum absolute atomic E-state index is 0.396. The predicted molar refractivity (Wildman–Crippen MR) is 54.3 cm³/mol. The van der Waals surface area contributed by atoms with Gasteiger partial charge in [-0.05, 0) is 17.7 Å². The molecule has 0 aliphatic heterocycles. The third-order valence-corrected chi connectivity index (χ3v) is 2.81. The number of rotatable bonds is 4. The molecule has 0 amide bonds. The summed E-state index contributed by atoms with van der Waals surface area (Å²) in [4.78, 5) is 14.6. The highest BCUT2D eigenvalue weighted by Crippen LogP contribution is 2.16. The van der Waals surface area contributed by atoms with Crippen LogP contribution in [0.4, 0.5) is 0 Å². The Morgan fingerprint density at radius 2 is 2.00 bits per heavy atom. The smallest absolute Gasteiger partial charge is 0.312 e. The SMILES string of the molecule is CS(=O)(=O)CC(C(=O)O)c1ccncc1. The molecule has 15 heavy (non-hydrogen) atoms. The van der Waals surface area contributed by atoms with Crippen molar-refractivity contribution in [2.45, 2.75) is 5.92 Å². The lowest BCUT2D eigenvalue weighted by Gasteiger charge is -2.10. The fraction of sp³-hybridized carbons (Fsp3) is 0.333. The van der Waals surface area contributed by atoms with E-state index in [0.29, 0.717) is 5.56 Å². The number of sulfone groups is 1. The van der Waals surface area contributed by atoms with Gasteiger partial charge in [0.2, 0.25) is 0 Å². The van der Waals surface area contributed by atoms with E-state index in [9.17, 15) is 13.2 Å². The molecule has 0 radical (unpaired) electrons. The van der Waals surface area contributed by atoms with E-state index in [1.54, 1.807) is 0 Å². The van der Waals surface area contributed by atoms with Crippen LogP contribution in [-0.4, -0.2) is 36.5 Å². The van der Waals surface area contributed by atoms with E-state index < -0.39 is 27.5 Å². The number of nitrogens with zero attached hydrogens (tertiary/aromatic N) is 1. The van der Waals surface area contributed by atoms with Crippen molar-refractivity contribution in [3.63, 3.8) is 0 Å². The van der Waals surface area contributed by atoms with E-state index in [-0.39, 0.29) is 0 Å². The van der Waals surface area contributed by atoms with Crippen LogP contribution in [0.3, 0.4) is 0 Å². The summed E-state index contributed by atoms with van der Waals surface area (Å²) in [6.45, 7) is 0. The summed E-state index contributed by atoms with van der Waals surface area (Å²) >= 11 is 0. The van der Waals surface area contributed by atoms with Gasteiger partial charge in [-0.3, -0.25) is 9.78 Å². The topological polar surface area (TPSA) is 84.3 Å². The second-order valence-electron chi connectivity index (χ2n) is 3.26. The number of aromatic nitrogens is 1. The number of aliphatic carboxylic acids is 1.